The van der Waals surface area contributed by atoms with Gasteiger partial charge in [-0.25, -0.2) is 0 Å². The Kier molecular flexibility index (Phi) is 4.30. The Morgan fingerprint density at radius 1 is 1.42 bits per heavy atom. The lowest BCUT2D eigenvalue weighted by Crippen LogP contribution is -2.25. The van der Waals surface area contributed by atoms with Gasteiger partial charge in [-0.1, -0.05) is 0 Å². The van der Waals surface area contributed by atoms with Crippen LogP contribution in [0.25, 0.3) is 10.9 Å². The molecule has 2 rings (SSSR count). The van der Waals surface area contributed by atoms with Crippen LogP contribution in [0.1, 0.15) is 16.8 Å². The third kappa shape index (κ3) is 3.20. The molecule has 0 radical (unpaired) electrons. The second kappa shape index (κ2) is 6.15. The fraction of sp³-hybridized carbons (Fsp3) is 0.286. The highest BCUT2D eigenvalue weighted by atomic mass is 16.5. The van der Waals surface area contributed by atoms with Gasteiger partial charge >= 0.3 is 0 Å². The molecule has 19 heavy (non-hydrogen) atoms. The van der Waals surface area contributed by atoms with Crippen LogP contribution < -0.4 is 10.1 Å². The summed E-state index contributed by atoms with van der Waals surface area (Å²) in [6, 6.07) is 7.30. The second-order valence-electron chi connectivity index (χ2n) is 4.12. The summed E-state index contributed by atoms with van der Waals surface area (Å²) in [6.07, 6.45) is 2.09. The Labute approximate surface area is 111 Å². The number of rotatable bonds is 5. The highest BCUT2D eigenvalue weighted by Crippen LogP contribution is 2.19. The van der Waals surface area contributed by atoms with Gasteiger partial charge in [-0.2, -0.15) is 0 Å². The number of nitrogens with one attached hydrogen (secondary N) is 1. The van der Waals surface area contributed by atoms with Gasteiger partial charge in [-0.15, -0.1) is 0 Å². The van der Waals surface area contributed by atoms with Crippen molar-refractivity contribution in [2.24, 2.45) is 0 Å². The lowest BCUT2D eigenvalue weighted by molar-refractivity contribution is 0.0951. The van der Waals surface area contributed by atoms with Gasteiger partial charge in [-0.3, -0.25) is 9.78 Å². The van der Waals surface area contributed by atoms with E-state index in [4.69, 9.17) is 9.84 Å². The molecule has 1 aromatic carbocycles. The fourth-order valence-corrected chi connectivity index (χ4v) is 1.74. The number of hydrogen-bond acceptors (Lipinski definition) is 4. The van der Waals surface area contributed by atoms with Crippen molar-refractivity contribution in [1.29, 1.82) is 0 Å². The van der Waals surface area contributed by atoms with E-state index in [1.165, 1.54) is 0 Å². The SMILES string of the molecule is COc1ccc2ncc(C(=O)NCCCO)cc2c1. The molecule has 0 aliphatic carbocycles. The number of methoxy groups -OCH3 is 1. The number of fused-ring (bicyclic) bond motifs is 1. The predicted octanol–water partition coefficient (Wildman–Crippen LogP) is 1.36. The molecule has 0 unspecified atom stereocenters. The molecule has 2 aromatic rings. The molecule has 1 heterocycles. The van der Waals surface area contributed by atoms with Crippen LogP contribution in [-0.4, -0.2) is 36.3 Å². The van der Waals surface area contributed by atoms with Crippen LogP contribution >= 0.6 is 0 Å². The van der Waals surface area contributed by atoms with E-state index in [1.54, 1.807) is 19.4 Å². The van der Waals surface area contributed by atoms with E-state index in [2.05, 4.69) is 10.3 Å². The minimum atomic E-state index is -0.189. The first-order valence-corrected chi connectivity index (χ1v) is 6.07. The molecule has 0 saturated heterocycles. The zero-order chi connectivity index (χ0) is 13.7. The second-order valence-corrected chi connectivity index (χ2v) is 4.12. The maximum Gasteiger partial charge on any atom is 0.252 e. The minimum absolute atomic E-state index is 0.0629. The topological polar surface area (TPSA) is 71.5 Å². The van der Waals surface area contributed by atoms with Crippen LogP contribution in [-0.2, 0) is 0 Å². The maximum absolute atomic E-state index is 11.9. The number of benzene rings is 1. The van der Waals surface area contributed by atoms with E-state index in [1.807, 2.05) is 18.2 Å². The Morgan fingerprint density at radius 3 is 3.00 bits per heavy atom. The van der Waals surface area contributed by atoms with Gasteiger partial charge in [-0.05, 0) is 30.7 Å². The van der Waals surface area contributed by atoms with Crippen molar-refractivity contribution in [2.45, 2.75) is 6.42 Å². The van der Waals surface area contributed by atoms with Crippen LogP contribution in [0.15, 0.2) is 30.5 Å². The number of aliphatic hydroxyl groups excluding tert-OH is 1. The number of aromatic nitrogens is 1. The van der Waals surface area contributed by atoms with Gasteiger partial charge in [0.1, 0.15) is 5.75 Å². The molecule has 1 aromatic heterocycles. The molecule has 0 fully saturated rings. The van der Waals surface area contributed by atoms with E-state index >= 15 is 0 Å². The molecule has 5 heteroatoms. The van der Waals surface area contributed by atoms with E-state index in [9.17, 15) is 4.79 Å². The molecular formula is C14H16N2O3. The Morgan fingerprint density at radius 2 is 2.26 bits per heavy atom. The number of pyridine rings is 1. The van der Waals surface area contributed by atoms with E-state index < -0.39 is 0 Å². The number of amides is 1. The Bertz CT molecular complexity index is 584. The molecule has 0 aliphatic rings. The lowest BCUT2D eigenvalue weighted by Gasteiger charge is -2.06. The normalized spacial score (nSPS) is 10.4. The summed E-state index contributed by atoms with van der Waals surface area (Å²) in [6.45, 7) is 0.513. The van der Waals surface area contributed by atoms with Crippen LogP contribution in [0.2, 0.25) is 0 Å². The zero-order valence-corrected chi connectivity index (χ0v) is 10.7. The van der Waals surface area contributed by atoms with Gasteiger partial charge in [0.25, 0.3) is 5.91 Å². The molecule has 0 spiro atoms. The molecule has 0 bridgehead atoms. The van der Waals surface area contributed by atoms with Crippen LogP contribution in [0.4, 0.5) is 0 Å². The van der Waals surface area contributed by atoms with Crippen molar-refractivity contribution in [3.63, 3.8) is 0 Å². The number of nitrogens with zero attached hydrogens (tertiary/aromatic N) is 1. The van der Waals surface area contributed by atoms with E-state index in [-0.39, 0.29) is 12.5 Å². The zero-order valence-electron chi connectivity index (χ0n) is 10.7. The Hall–Kier alpha value is -2.14. The molecule has 5 nitrogen and oxygen atoms in total. The van der Waals surface area contributed by atoms with Gasteiger partial charge in [0.2, 0.25) is 0 Å². The summed E-state index contributed by atoms with van der Waals surface area (Å²) in [5, 5.41) is 12.2. The highest BCUT2D eigenvalue weighted by molar-refractivity contribution is 5.97. The largest absolute Gasteiger partial charge is 0.497 e. The molecule has 0 aliphatic heterocycles. The lowest BCUT2D eigenvalue weighted by atomic mass is 10.1. The third-order valence-electron chi connectivity index (χ3n) is 2.77. The number of ether oxygens (including phenoxy) is 1. The average molecular weight is 260 g/mol. The average Bonchev–Trinajstić information content (AvgIpc) is 2.46. The molecular weight excluding hydrogens is 244 g/mol. The first-order chi connectivity index (χ1) is 9.24. The summed E-state index contributed by atoms with van der Waals surface area (Å²) >= 11 is 0. The number of hydrogen-bond donors (Lipinski definition) is 2. The smallest absolute Gasteiger partial charge is 0.252 e. The monoisotopic (exact) mass is 260 g/mol. The van der Waals surface area contributed by atoms with E-state index in [0.29, 0.717) is 18.5 Å². The van der Waals surface area contributed by atoms with Crippen molar-refractivity contribution in [3.8, 4) is 5.75 Å². The first-order valence-electron chi connectivity index (χ1n) is 6.07. The van der Waals surface area contributed by atoms with Crippen molar-refractivity contribution in [3.05, 3.63) is 36.0 Å². The molecule has 2 N–H and O–H groups in total. The van der Waals surface area contributed by atoms with Crippen molar-refractivity contribution in [1.82, 2.24) is 10.3 Å². The summed E-state index contributed by atoms with van der Waals surface area (Å²) in [4.78, 5) is 16.1. The molecule has 100 valence electrons. The van der Waals surface area contributed by atoms with Gasteiger partial charge in [0, 0.05) is 24.7 Å². The van der Waals surface area contributed by atoms with Crippen LogP contribution in [0.3, 0.4) is 0 Å². The summed E-state index contributed by atoms with van der Waals surface area (Å²) in [5.74, 6) is 0.540. The number of carbonyl (C=O) groups excluding carboxylic acids is 1. The molecule has 0 saturated carbocycles. The van der Waals surface area contributed by atoms with Crippen LogP contribution in [0, 0.1) is 0 Å². The van der Waals surface area contributed by atoms with Gasteiger partial charge < -0.3 is 15.2 Å². The summed E-state index contributed by atoms with van der Waals surface area (Å²) in [7, 11) is 1.60. The summed E-state index contributed by atoms with van der Waals surface area (Å²) < 4.78 is 5.15. The van der Waals surface area contributed by atoms with E-state index in [0.717, 1.165) is 16.7 Å². The van der Waals surface area contributed by atoms with Crippen molar-refractivity contribution < 1.29 is 14.6 Å². The van der Waals surface area contributed by atoms with Crippen molar-refractivity contribution in [2.75, 3.05) is 20.3 Å². The maximum atomic E-state index is 11.9. The highest BCUT2D eigenvalue weighted by Gasteiger charge is 2.07. The molecule has 1 amide bonds. The quantitative estimate of drug-likeness (QED) is 0.796. The third-order valence-corrected chi connectivity index (χ3v) is 2.77. The fourth-order valence-electron chi connectivity index (χ4n) is 1.74. The number of carbonyl (C=O) groups is 1. The van der Waals surface area contributed by atoms with Gasteiger partial charge in [0.05, 0.1) is 18.2 Å². The minimum Gasteiger partial charge on any atom is -0.497 e. The Balaban J connectivity index is 2.22. The van der Waals surface area contributed by atoms with Crippen LogP contribution in [0.5, 0.6) is 5.75 Å². The van der Waals surface area contributed by atoms with Crippen molar-refractivity contribution >= 4 is 16.8 Å². The standard InChI is InChI=1S/C14H16N2O3/c1-19-12-3-4-13-10(8-12)7-11(9-16-13)14(18)15-5-2-6-17/h3-4,7-9,17H,2,5-6H2,1H3,(H,15,18). The van der Waals surface area contributed by atoms with Gasteiger partial charge in [0.15, 0.2) is 0 Å². The molecule has 0 atom stereocenters. The number of aliphatic hydroxyl groups is 1. The predicted molar refractivity (Wildman–Crippen MR) is 72.3 cm³/mol. The first kappa shape index (κ1) is 13.3. The summed E-state index contributed by atoms with van der Waals surface area (Å²) in [5.41, 5.74) is 1.31.